The highest BCUT2D eigenvalue weighted by Gasteiger charge is 2.23. The molecule has 0 aromatic carbocycles. The molecular weight excluding hydrogens is 277 g/mol. The summed E-state index contributed by atoms with van der Waals surface area (Å²) in [4.78, 5) is 3.75. The van der Waals surface area contributed by atoms with E-state index in [0.29, 0.717) is 10.0 Å². The normalized spacial score (nSPS) is 13.3. The third kappa shape index (κ3) is 2.62. The highest BCUT2D eigenvalue weighted by atomic mass is 79.9. The molecular formula is C8H8BrClF2N2. The standard InChI is InChI=1S/C8H8BrClF2N2/c9-6-3-14-7(10)1-4(6)5(2-13)8(11)12/h1,3,5,8H,2,13H2. The maximum Gasteiger partial charge on any atom is 0.246 e. The van der Waals surface area contributed by atoms with Crippen LogP contribution in [0.2, 0.25) is 5.15 Å². The fourth-order valence-electron chi connectivity index (χ4n) is 1.08. The van der Waals surface area contributed by atoms with Crippen LogP contribution >= 0.6 is 27.5 Å². The van der Waals surface area contributed by atoms with Crippen molar-refractivity contribution < 1.29 is 8.78 Å². The number of alkyl halides is 2. The molecule has 2 N–H and O–H groups in total. The lowest BCUT2D eigenvalue weighted by Crippen LogP contribution is -2.20. The summed E-state index contributed by atoms with van der Waals surface area (Å²) < 4.78 is 25.6. The van der Waals surface area contributed by atoms with Gasteiger partial charge in [0.2, 0.25) is 6.43 Å². The van der Waals surface area contributed by atoms with Crippen molar-refractivity contribution >= 4 is 27.5 Å². The smallest absolute Gasteiger partial charge is 0.246 e. The molecule has 1 aromatic heterocycles. The Bertz CT molecular complexity index is 322. The molecule has 0 radical (unpaired) electrons. The molecule has 0 spiro atoms. The average molecular weight is 286 g/mol. The molecule has 14 heavy (non-hydrogen) atoms. The van der Waals surface area contributed by atoms with Crippen molar-refractivity contribution in [3.05, 3.63) is 27.5 Å². The van der Waals surface area contributed by atoms with Crippen LogP contribution in [0.3, 0.4) is 0 Å². The molecule has 6 heteroatoms. The summed E-state index contributed by atoms with van der Waals surface area (Å²) in [7, 11) is 0. The average Bonchev–Trinajstić information content (AvgIpc) is 2.11. The van der Waals surface area contributed by atoms with Gasteiger partial charge in [-0.05, 0) is 27.6 Å². The van der Waals surface area contributed by atoms with Crippen LogP contribution in [-0.4, -0.2) is 18.0 Å². The van der Waals surface area contributed by atoms with Crippen LogP contribution in [0, 0.1) is 0 Å². The fourth-order valence-corrected chi connectivity index (χ4v) is 1.75. The molecule has 0 aliphatic heterocycles. The fraction of sp³-hybridized carbons (Fsp3) is 0.375. The first kappa shape index (κ1) is 11.8. The minimum Gasteiger partial charge on any atom is -0.330 e. The highest BCUT2D eigenvalue weighted by molar-refractivity contribution is 9.10. The minimum atomic E-state index is -2.50. The molecule has 0 saturated heterocycles. The summed E-state index contributed by atoms with van der Waals surface area (Å²) >= 11 is 8.74. The Labute approximate surface area is 93.6 Å². The van der Waals surface area contributed by atoms with Gasteiger partial charge >= 0.3 is 0 Å². The quantitative estimate of drug-likeness (QED) is 0.867. The lowest BCUT2D eigenvalue weighted by atomic mass is 10.0. The molecule has 78 valence electrons. The number of rotatable bonds is 3. The Morgan fingerprint density at radius 1 is 1.57 bits per heavy atom. The van der Waals surface area contributed by atoms with Crippen LogP contribution in [0.15, 0.2) is 16.7 Å². The maximum absolute atomic E-state index is 12.5. The molecule has 2 nitrogen and oxygen atoms in total. The molecule has 1 rings (SSSR count). The van der Waals surface area contributed by atoms with E-state index in [9.17, 15) is 8.78 Å². The summed E-state index contributed by atoms with van der Waals surface area (Å²) in [6.45, 7) is -0.128. The third-order valence-electron chi connectivity index (χ3n) is 1.81. The van der Waals surface area contributed by atoms with E-state index < -0.39 is 12.3 Å². The van der Waals surface area contributed by atoms with E-state index in [2.05, 4.69) is 20.9 Å². The van der Waals surface area contributed by atoms with Gasteiger partial charge in [-0.15, -0.1) is 0 Å². The second-order valence-electron chi connectivity index (χ2n) is 2.71. The van der Waals surface area contributed by atoms with Crippen molar-refractivity contribution in [1.82, 2.24) is 4.98 Å². The zero-order chi connectivity index (χ0) is 10.7. The van der Waals surface area contributed by atoms with E-state index in [1.54, 1.807) is 0 Å². The first-order valence-electron chi connectivity index (χ1n) is 3.85. The highest BCUT2D eigenvalue weighted by Crippen LogP contribution is 2.29. The van der Waals surface area contributed by atoms with Crippen LogP contribution < -0.4 is 5.73 Å². The van der Waals surface area contributed by atoms with Crippen molar-refractivity contribution in [1.29, 1.82) is 0 Å². The number of halogens is 4. The molecule has 0 bridgehead atoms. The molecule has 0 aliphatic rings. The van der Waals surface area contributed by atoms with Gasteiger partial charge in [-0.3, -0.25) is 0 Å². The molecule has 0 amide bonds. The van der Waals surface area contributed by atoms with Crippen molar-refractivity contribution in [3.63, 3.8) is 0 Å². The zero-order valence-electron chi connectivity index (χ0n) is 7.05. The number of hydrogen-bond acceptors (Lipinski definition) is 2. The summed E-state index contributed by atoms with van der Waals surface area (Å²) in [5.41, 5.74) is 5.65. The van der Waals surface area contributed by atoms with Crippen molar-refractivity contribution in [2.45, 2.75) is 12.3 Å². The van der Waals surface area contributed by atoms with Crippen LogP contribution in [0.25, 0.3) is 0 Å². The second kappa shape index (κ2) is 5.00. The Hall–Kier alpha value is -0.260. The van der Waals surface area contributed by atoms with Gasteiger partial charge in [0.1, 0.15) is 5.15 Å². The minimum absolute atomic E-state index is 0.128. The summed E-state index contributed by atoms with van der Waals surface area (Å²) in [5, 5.41) is 0.183. The SMILES string of the molecule is NCC(c1cc(Cl)ncc1Br)C(F)F. The summed E-state index contributed by atoms with van der Waals surface area (Å²) in [5.74, 6) is -1.01. The Morgan fingerprint density at radius 2 is 2.21 bits per heavy atom. The molecule has 0 saturated carbocycles. The van der Waals surface area contributed by atoms with E-state index in [0.717, 1.165) is 0 Å². The van der Waals surface area contributed by atoms with E-state index in [1.807, 2.05) is 0 Å². The van der Waals surface area contributed by atoms with Gasteiger partial charge in [-0.1, -0.05) is 11.6 Å². The van der Waals surface area contributed by atoms with E-state index in [1.165, 1.54) is 12.3 Å². The van der Waals surface area contributed by atoms with Crippen LogP contribution in [0.5, 0.6) is 0 Å². The number of hydrogen-bond donors (Lipinski definition) is 1. The first-order valence-corrected chi connectivity index (χ1v) is 5.02. The third-order valence-corrected chi connectivity index (χ3v) is 2.68. The van der Waals surface area contributed by atoms with Crippen molar-refractivity contribution in [2.24, 2.45) is 5.73 Å². The zero-order valence-corrected chi connectivity index (χ0v) is 9.39. The molecule has 1 aromatic rings. The predicted molar refractivity (Wildman–Crippen MR) is 54.7 cm³/mol. The van der Waals surface area contributed by atoms with Crippen LogP contribution in [0.4, 0.5) is 8.78 Å². The van der Waals surface area contributed by atoms with Gasteiger partial charge in [0.25, 0.3) is 0 Å². The van der Waals surface area contributed by atoms with Crippen molar-refractivity contribution in [3.8, 4) is 0 Å². The predicted octanol–water partition coefficient (Wildman–Crippen LogP) is 2.80. The summed E-state index contributed by atoms with van der Waals surface area (Å²) in [6, 6.07) is 1.40. The maximum atomic E-state index is 12.5. The van der Waals surface area contributed by atoms with E-state index in [4.69, 9.17) is 17.3 Å². The Morgan fingerprint density at radius 3 is 2.71 bits per heavy atom. The molecule has 0 fully saturated rings. The van der Waals surface area contributed by atoms with Gasteiger partial charge in [0.05, 0.1) is 5.92 Å². The number of nitrogens with two attached hydrogens (primary N) is 1. The number of nitrogens with zero attached hydrogens (tertiary/aromatic N) is 1. The molecule has 0 aliphatic carbocycles. The second-order valence-corrected chi connectivity index (χ2v) is 3.95. The Kier molecular flexibility index (Phi) is 4.22. The lowest BCUT2D eigenvalue weighted by molar-refractivity contribution is 0.117. The molecule has 1 atom stereocenters. The number of aromatic nitrogens is 1. The lowest BCUT2D eigenvalue weighted by Gasteiger charge is -2.15. The largest absolute Gasteiger partial charge is 0.330 e. The van der Waals surface area contributed by atoms with Gasteiger partial charge in [0, 0.05) is 17.2 Å². The van der Waals surface area contributed by atoms with Crippen LogP contribution in [-0.2, 0) is 0 Å². The van der Waals surface area contributed by atoms with E-state index in [-0.39, 0.29) is 11.7 Å². The Balaban J connectivity index is 3.08. The number of pyridine rings is 1. The van der Waals surface area contributed by atoms with Crippen LogP contribution in [0.1, 0.15) is 11.5 Å². The van der Waals surface area contributed by atoms with E-state index >= 15 is 0 Å². The molecule has 1 heterocycles. The van der Waals surface area contributed by atoms with Crippen molar-refractivity contribution in [2.75, 3.05) is 6.54 Å². The van der Waals surface area contributed by atoms with Gasteiger partial charge in [0.15, 0.2) is 0 Å². The molecule has 1 unspecified atom stereocenters. The summed E-state index contributed by atoms with van der Waals surface area (Å²) in [6.07, 6.45) is -1.11. The monoisotopic (exact) mass is 284 g/mol. The van der Waals surface area contributed by atoms with Gasteiger partial charge < -0.3 is 5.73 Å². The first-order chi connectivity index (χ1) is 6.56. The van der Waals surface area contributed by atoms with Gasteiger partial charge in [-0.2, -0.15) is 0 Å². The van der Waals surface area contributed by atoms with Gasteiger partial charge in [-0.25, -0.2) is 13.8 Å². The topological polar surface area (TPSA) is 38.9 Å².